The van der Waals surface area contributed by atoms with Gasteiger partial charge in [-0.15, -0.1) is 0 Å². The lowest BCUT2D eigenvalue weighted by Gasteiger charge is -2.42. The summed E-state index contributed by atoms with van der Waals surface area (Å²) in [5, 5.41) is 4.49. The number of pyridine rings is 1. The molecule has 1 aliphatic carbocycles. The first-order valence-corrected chi connectivity index (χ1v) is 32.8. The van der Waals surface area contributed by atoms with E-state index in [0.29, 0.717) is 5.75 Å². The molecule has 6 heteroatoms. The molecule has 0 unspecified atom stereocenters. The van der Waals surface area contributed by atoms with Crippen molar-refractivity contribution < 1.29 is 13.7 Å². The van der Waals surface area contributed by atoms with E-state index in [-0.39, 0.29) is 27.1 Å². The van der Waals surface area contributed by atoms with Crippen molar-refractivity contribution in [2.24, 2.45) is 0 Å². The molecule has 14 aromatic rings. The largest absolute Gasteiger partial charge is 0.458 e. The number of imidazole rings is 1. The number of nitrogens with zero attached hydrogens (tertiary/aromatic N) is 4. The number of hydrogen-bond donors (Lipinski definition) is 0. The smallest absolute Gasteiger partial charge is 0.269 e. The molecule has 2 aliphatic rings. The summed E-state index contributed by atoms with van der Waals surface area (Å²) in [7, 11) is 0. The lowest BCUT2D eigenvalue weighted by molar-refractivity contribution is -0.570. The Bertz CT molecular complexity index is 5350. The molecule has 0 bridgehead atoms. The monoisotopic (exact) mass is 1200 g/mol. The van der Waals surface area contributed by atoms with Crippen LogP contribution in [0.4, 0.5) is 0 Å². The number of ether oxygens (including phenoxy) is 1. The summed E-state index contributed by atoms with van der Waals surface area (Å²) in [5.74, 6) is 2.32. The van der Waals surface area contributed by atoms with Gasteiger partial charge in [-0.1, -0.05) is 211 Å². The average molecular weight is 1200 g/mol. The van der Waals surface area contributed by atoms with E-state index in [9.17, 15) is 0 Å². The Hall–Kier alpha value is -9.78. The Morgan fingerprint density at radius 2 is 1.03 bits per heavy atom. The second-order valence-electron chi connectivity index (χ2n) is 30.5. The lowest BCUT2D eigenvalue weighted by Crippen LogP contribution is -2.34. The molecule has 0 radical (unpaired) electrons. The quantitative estimate of drug-likeness (QED) is 0.123. The van der Waals surface area contributed by atoms with Crippen LogP contribution in [0.25, 0.3) is 128 Å². The first kappa shape index (κ1) is 57.4. The summed E-state index contributed by atoms with van der Waals surface area (Å²) in [6.45, 7) is 30.5. The van der Waals surface area contributed by atoms with Gasteiger partial charge in [0, 0.05) is 33.8 Å². The number of aromatic nitrogens is 4. The number of fused-ring (bicyclic) bond motifs is 14. The molecule has 0 N–H and O–H groups in total. The topological polar surface area (TPSA) is 49.0 Å². The zero-order chi connectivity index (χ0) is 63.5. The van der Waals surface area contributed by atoms with E-state index < -0.39 is 0 Å². The molecule has 0 amide bonds. The number of rotatable bonds is 6. The van der Waals surface area contributed by atoms with Crippen LogP contribution in [0, 0.1) is 6.33 Å². The minimum absolute atomic E-state index is 0.0254. The fourth-order valence-corrected chi connectivity index (χ4v) is 14.9. The van der Waals surface area contributed by atoms with Crippen LogP contribution in [-0.4, -0.2) is 14.1 Å². The Morgan fingerprint density at radius 1 is 0.435 bits per heavy atom. The van der Waals surface area contributed by atoms with Crippen LogP contribution < -0.4 is 9.30 Å². The third-order valence-corrected chi connectivity index (χ3v) is 20.3. The van der Waals surface area contributed by atoms with Crippen LogP contribution in [0.3, 0.4) is 0 Å². The third kappa shape index (κ3) is 9.34. The average Bonchev–Trinajstić information content (AvgIpc) is 1.45. The second kappa shape index (κ2) is 20.4. The summed E-state index contributed by atoms with van der Waals surface area (Å²) in [4.78, 5) is 4.99. The highest BCUT2D eigenvalue weighted by atomic mass is 16.5. The maximum Gasteiger partial charge on any atom is 0.269 e. The molecular formula is C86H78N4O2. The molecule has 0 saturated heterocycles. The highest BCUT2D eigenvalue weighted by Gasteiger charge is 2.39. The molecule has 1 aliphatic heterocycles. The zero-order valence-corrected chi connectivity index (χ0v) is 55.2. The minimum atomic E-state index is -0.0991. The predicted octanol–water partition coefficient (Wildman–Crippen LogP) is 22.8. The van der Waals surface area contributed by atoms with Gasteiger partial charge in [0.25, 0.3) is 6.33 Å². The Morgan fingerprint density at radius 3 is 1.76 bits per heavy atom. The fraction of sp³-hybridized carbons (Fsp3) is 0.233. The van der Waals surface area contributed by atoms with Crippen molar-refractivity contribution in [3.8, 4) is 84.3 Å². The van der Waals surface area contributed by atoms with Crippen molar-refractivity contribution in [1.29, 1.82) is 0 Å². The van der Waals surface area contributed by atoms with Crippen molar-refractivity contribution in [1.82, 2.24) is 14.1 Å². The first-order chi connectivity index (χ1) is 43.9. The first-order valence-electron chi connectivity index (χ1n) is 32.8. The van der Waals surface area contributed by atoms with E-state index >= 15 is 0 Å². The van der Waals surface area contributed by atoms with E-state index in [0.717, 1.165) is 113 Å². The Labute approximate surface area is 540 Å². The lowest BCUT2D eigenvalue weighted by atomic mass is 9.62. The van der Waals surface area contributed by atoms with E-state index in [2.05, 4.69) is 316 Å². The van der Waals surface area contributed by atoms with Crippen LogP contribution in [0.1, 0.15) is 131 Å². The highest BCUT2D eigenvalue weighted by Crippen LogP contribution is 2.53. The molecule has 0 spiro atoms. The van der Waals surface area contributed by atoms with Crippen molar-refractivity contribution in [2.45, 2.75) is 130 Å². The van der Waals surface area contributed by atoms with Gasteiger partial charge >= 0.3 is 0 Å². The predicted molar refractivity (Wildman–Crippen MR) is 382 cm³/mol. The van der Waals surface area contributed by atoms with Gasteiger partial charge in [-0.2, -0.15) is 0 Å². The maximum atomic E-state index is 7.11. The molecule has 92 heavy (non-hydrogen) atoms. The van der Waals surface area contributed by atoms with E-state index in [4.69, 9.17) is 14.1 Å². The fourth-order valence-electron chi connectivity index (χ4n) is 14.9. The number of furan rings is 1. The van der Waals surface area contributed by atoms with Gasteiger partial charge in [-0.25, -0.2) is 4.98 Å². The Kier molecular flexibility index (Phi) is 12.7. The van der Waals surface area contributed by atoms with Crippen molar-refractivity contribution in [3.05, 3.63) is 247 Å². The third-order valence-electron chi connectivity index (χ3n) is 20.3. The number of hydrogen-bond acceptors (Lipinski definition) is 3. The SMILES string of the molecule is CC(C)(C)c1cc(-c2cc3c4c(c2)n(-c2cccc(Oc5ccc6c7ccccc7n(-c7cc(C(C)(C)C)ccn7)c6c5)c2)[c-][n+]4-c2c(-c4ccc5oc6ccccc6c5c4)cccc2-c2cc4c(cc2-c2ccccc2-3)C(C)(C)CCC4(C)C)cc(C(C)(C)C)c1. The van der Waals surface area contributed by atoms with Crippen molar-refractivity contribution >= 4 is 54.8 Å². The van der Waals surface area contributed by atoms with Crippen LogP contribution in [0.5, 0.6) is 11.5 Å². The van der Waals surface area contributed by atoms with Crippen LogP contribution in [-0.2, 0) is 27.1 Å². The van der Waals surface area contributed by atoms with E-state index in [1.54, 1.807) is 0 Å². The zero-order valence-electron chi connectivity index (χ0n) is 55.2. The van der Waals surface area contributed by atoms with E-state index in [1.807, 2.05) is 6.20 Å². The van der Waals surface area contributed by atoms with Gasteiger partial charge in [-0.3, -0.25) is 13.7 Å². The van der Waals surface area contributed by atoms with E-state index in [1.165, 1.54) is 61.0 Å². The van der Waals surface area contributed by atoms with Crippen molar-refractivity contribution in [2.75, 3.05) is 0 Å². The standard InChI is InChI=1S/C86H78N4O2/c1-82(2,3)55-36-39-87-79(46-55)90-74-30-18-16-26-64(74)65-34-33-60(48-75(65)90)91-59-23-20-22-58(47-59)88-51-89-80-61(52-32-35-78-70(42-52)66-27-17-19-31-77(66)92-78)28-21-29-67(80)69-50-73-72(85(10,11)37-38-86(73,12)13)49-68(69)62-24-14-15-25-63(62)71-43-54(44-76(88)81(71)89)53-40-56(83(4,5)6)45-57(41-53)84(7,8)9/h14-36,39-50H,37-38H2,1-13H3. The van der Waals surface area contributed by atoms with Crippen LogP contribution >= 0.6 is 0 Å². The summed E-state index contributed by atoms with van der Waals surface area (Å²) < 4.78 is 20.6. The highest BCUT2D eigenvalue weighted by molar-refractivity contribution is 6.10. The molecule has 4 aromatic heterocycles. The van der Waals surface area contributed by atoms with Gasteiger partial charge in [0.2, 0.25) is 0 Å². The molecular weight excluding hydrogens is 1120 g/mol. The number of benzene rings is 10. The molecule has 0 saturated carbocycles. The summed E-state index contributed by atoms with van der Waals surface area (Å²) >= 11 is 0. The normalized spacial score (nSPS) is 14.4. The molecule has 454 valence electrons. The molecule has 10 aromatic carbocycles. The van der Waals surface area contributed by atoms with Crippen LogP contribution in [0.2, 0.25) is 0 Å². The summed E-state index contributed by atoms with van der Waals surface area (Å²) in [5.41, 5.74) is 25.9. The Balaban J connectivity index is 0.981. The second-order valence-corrected chi connectivity index (χ2v) is 30.5. The van der Waals surface area contributed by atoms with Crippen LogP contribution in [0.15, 0.2) is 217 Å². The summed E-state index contributed by atoms with van der Waals surface area (Å²) in [6.07, 6.45) is 8.35. The van der Waals surface area contributed by atoms with Gasteiger partial charge < -0.3 is 9.15 Å². The molecule has 16 rings (SSSR count). The molecule has 5 heterocycles. The van der Waals surface area contributed by atoms with Gasteiger partial charge in [0.15, 0.2) is 0 Å². The van der Waals surface area contributed by atoms with Gasteiger partial charge in [0.1, 0.15) is 28.5 Å². The maximum absolute atomic E-state index is 7.11. The molecule has 6 nitrogen and oxygen atoms in total. The van der Waals surface area contributed by atoms with Crippen molar-refractivity contribution in [3.63, 3.8) is 0 Å². The van der Waals surface area contributed by atoms with Gasteiger partial charge in [0.05, 0.1) is 33.4 Å². The molecule has 0 fully saturated rings. The molecule has 0 atom stereocenters. The summed E-state index contributed by atoms with van der Waals surface area (Å²) in [6, 6.07) is 76.6. The minimum Gasteiger partial charge on any atom is -0.458 e. The van der Waals surface area contributed by atoms with Gasteiger partial charge in [-0.05, 0) is 202 Å². The number of para-hydroxylation sites is 3.